The molecule has 1 heteroatoms. The van der Waals surface area contributed by atoms with E-state index in [1.165, 1.54) is 45.1 Å². The van der Waals surface area contributed by atoms with Crippen molar-refractivity contribution in [2.45, 2.75) is 51.5 Å². The van der Waals surface area contributed by atoms with Gasteiger partial charge in [0.1, 0.15) is 0 Å². The van der Waals surface area contributed by atoms with Gasteiger partial charge in [-0.3, -0.25) is 0 Å². The molecule has 10 heavy (non-hydrogen) atoms. The second kappa shape index (κ2) is 4.73. The molecular formula is C9H19N. The SMILES string of the molecule is CCC[C@H]1CCCCCN1. The van der Waals surface area contributed by atoms with Crippen LogP contribution in [0.25, 0.3) is 0 Å². The fraction of sp³-hybridized carbons (Fsp3) is 1.00. The van der Waals surface area contributed by atoms with E-state index in [1.54, 1.807) is 0 Å². The van der Waals surface area contributed by atoms with Gasteiger partial charge in [0.05, 0.1) is 0 Å². The first-order valence-electron chi connectivity index (χ1n) is 4.67. The van der Waals surface area contributed by atoms with Gasteiger partial charge in [-0.25, -0.2) is 0 Å². The van der Waals surface area contributed by atoms with E-state index >= 15 is 0 Å². The van der Waals surface area contributed by atoms with Gasteiger partial charge in [0.15, 0.2) is 0 Å². The molecule has 1 heterocycles. The first kappa shape index (κ1) is 8.06. The largest absolute Gasteiger partial charge is 0.314 e. The van der Waals surface area contributed by atoms with E-state index in [4.69, 9.17) is 0 Å². The molecular weight excluding hydrogens is 122 g/mol. The van der Waals surface area contributed by atoms with Gasteiger partial charge in [-0.2, -0.15) is 0 Å². The highest BCUT2D eigenvalue weighted by molar-refractivity contribution is 4.69. The molecule has 0 bridgehead atoms. The first-order valence-corrected chi connectivity index (χ1v) is 4.67. The zero-order chi connectivity index (χ0) is 7.23. The maximum Gasteiger partial charge on any atom is 0.00669 e. The lowest BCUT2D eigenvalue weighted by Gasteiger charge is -2.13. The molecule has 1 aliphatic heterocycles. The number of hydrogen-bond donors (Lipinski definition) is 1. The van der Waals surface area contributed by atoms with E-state index in [2.05, 4.69) is 12.2 Å². The third kappa shape index (κ3) is 2.70. The number of rotatable bonds is 2. The van der Waals surface area contributed by atoms with Crippen molar-refractivity contribution in [1.29, 1.82) is 0 Å². The molecule has 1 atom stereocenters. The Labute approximate surface area is 64.2 Å². The summed E-state index contributed by atoms with van der Waals surface area (Å²) < 4.78 is 0. The smallest absolute Gasteiger partial charge is 0.00669 e. The number of hydrogen-bond acceptors (Lipinski definition) is 1. The van der Waals surface area contributed by atoms with E-state index < -0.39 is 0 Å². The molecule has 60 valence electrons. The van der Waals surface area contributed by atoms with Crippen molar-refractivity contribution in [3.05, 3.63) is 0 Å². The van der Waals surface area contributed by atoms with Crippen molar-refractivity contribution in [2.75, 3.05) is 6.54 Å². The molecule has 1 saturated heterocycles. The fourth-order valence-corrected chi connectivity index (χ4v) is 1.70. The van der Waals surface area contributed by atoms with E-state index in [1.807, 2.05) is 0 Å². The zero-order valence-corrected chi connectivity index (χ0v) is 7.03. The Hall–Kier alpha value is -0.0400. The molecule has 0 aliphatic carbocycles. The summed E-state index contributed by atoms with van der Waals surface area (Å²) in [6.45, 7) is 3.53. The standard InChI is InChI=1S/C9H19N/c1-2-6-9-7-4-3-5-8-10-9/h9-10H,2-8H2,1H3/t9-/m0/s1. The lowest BCUT2D eigenvalue weighted by molar-refractivity contribution is 0.473. The molecule has 0 unspecified atom stereocenters. The fourth-order valence-electron chi connectivity index (χ4n) is 1.70. The minimum absolute atomic E-state index is 0.840. The first-order chi connectivity index (χ1) is 4.93. The second-order valence-corrected chi connectivity index (χ2v) is 3.29. The van der Waals surface area contributed by atoms with Crippen molar-refractivity contribution in [3.8, 4) is 0 Å². The predicted octanol–water partition coefficient (Wildman–Crippen LogP) is 2.32. The van der Waals surface area contributed by atoms with E-state index in [0.717, 1.165) is 6.04 Å². The minimum Gasteiger partial charge on any atom is -0.314 e. The third-order valence-corrected chi connectivity index (χ3v) is 2.30. The topological polar surface area (TPSA) is 12.0 Å². The van der Waals surface area contributed by atoms with Crippen LogP contribution < -0.4 is 5.32 Å². The van der Waals surface area contributed by atoms with Crippen molar-refractivity contribution in [3.63, 3.8) is 0 Å². The molecule has 1 rings (SSSR count). The Morgan fingerprint density at radius 2 is 2.20 bits per heavy atom. The quantitative estimate of drug-likeness (QED) is 0.622. The van der Waals surface area contributed by atoms with Crippen LogP contribution in [-0.2, 0) is 0 Å². The van der Waals surface area contributed by atoms with Gasteiger partial charge in [-0.1, -0.05) is 26.2 Å². The van der Waals surface area contributed by atoms with Gasteiger partial charge in [0.25, 0.3) is 0 Å². The van der Waals surface area contributed by atoms with Crippen LogP contribution in [0.5, 0.6) is 0 Å². The highest BCUT2D eigenvalue weighted by Gasteiger charge is 2.08. The highest BCUT2D eigenvalue weighted by Crippen LogP contribution is 2.11. The summed E-state index contributed by atoms with van der Waals surface area (Å²) in [6.07, 6.45) is 8.39. The van der Waals surface area contributed by atoms with Crippen molar-refractivity contribution >= 4 is 0 Å². The molecule has 1 N–H and O–H groups in total. The van der Waals surface area contributed by atoms with E-state index in [9.17, 15) is 0 Å². The van der Waals surface area contributed by atoms with Crippen LogP contribution in [0, 0.1) is 0 Å². The Morgan fingerprint density at radius 1 is 1.30 bits per heavy atom. The molecule has 0 radical (unpaired) electrons. The molecule has 0 spiro atoms. The maximum atomic E-state index is 3.58. The molecule has 0 amide bonds. The third-order valence-electron chi connectivity index (χ3n) is 2.30. The Balaban J connectivity index is 2.15. The van der Waals surface area contributed by atoms with Gasteiger partial charge in [-0.05, 0) is 25.8 Å². The maximum absolute atomic E-state index is 3.58. The minimum atomic E-state index is 0.840. The summed E-state index contributed by atoms with van der Waals surface area (Å²) in [7, 11) is 0. The Kier molecular flexibility index (Phi) is 3.81. The Bertz CT molecular complexity index is 72.8. The van der Waals surface area contributed by atoms with Crippen molar-refractivity contribution < 1.29 is 0 Å². The highest BCUT2D eigenvalue weighted by atomic mass is 14.9. The van der Waals surface area contributed by atoms with Gasteiger partial charge in [0.2, 0.25) is 0 Å². The van der Waals surface area contributed by atoms with Gasteiger partial charge < -0.3 is 5.32 Å². The van der Waals surface area contributed by atoms with Crippen molar-refractivity contribution in [1.82, 2.24) is 5.32 Å². The van der Waals surface area contributed by atoms with Crippen LogP contribution in [0.2, 0.25) is 0 Å². The molecule has 0 aromatic heterocycles. The summed E-state index contributed by atoms with van der Waals surface area (Å²) in [5.41, 5.74) is 0. The van der Waals surface area contributed by atoms with Crippen LogP contribution in [0.3, 0.4) is 0 Å². The zero-order valence-electron chi connectivity index (χ0n) is 7.03. The van der Waals surface area contributed by atoms with Crippen molar-refractivity contribution in [2.24, 2.45) is 0 Å². The summed E-state index contributed by atoms with van der Waals surface area (Å²) >= 11 is 0. The van der Waals surface area contributed by atoms with E-state index in [0.29, 0.717) is 0 Å². The van der Waals surface area contributed by atoms with Gasteiger partial charge in [-0.15, -0.1) is 0 Å². The summed E-state index contributed by atoms with van der Waals surface area (Å²) in [6, 6.07) is 0.840. The Morgan fingerprint density at radius 3 is 3.00 bits per heavy atom. The van der Waals surface area contributed by atoms with Crippen LogP contribution in [0.4, 0.5) is 0 Å². The average Bonchev–Trinajstić information content (AvgIpc) is 2.17. The van der Waals surface area contributed by atoms with Gasteiger partial charge in [0, 0.05) is 6.04 Å². The lowest BCUT2D eigenvalue weighted by Crippen LogP contribution is -2.27. The van der Waals surface area contributed by atoms with Crippen LogP contribution in [0.1, 0.15) is 45.4 Å². The normalized spacial score (nSPS) is 27.9. The molecule has 1 fully saturated rings. The number of nitrogens with one attached hydrogen (secondary N) is 1. The molecule has 0 aromatic carbocycles. The van der Waals surface area contributed by atoms with Crippen LogP contribution >= 0.6 is 0 Å². The molecule has 0 aromatic rings. The van der Waals surface area contributed by atoms with Crippen LogP contribution in [0.15, 0.2) is 0 Å². The van der Waals surface area contributed by atoms with Gasteiger partial charge >= 0.3 is 0 Å². The molecule has 1 nitrogen and oxygen atoms in total. The average molecular weight is 141 g/mol. The van der Waals surface area contributed by atoms with Crippen LogP contribution in [-0.4, -0.2) is 12.6 Å². The summed E-state index contributed by atoms with van der Waals surface area (Å²) in [4.78, 5) is 0. The summed E-state index contributed by atoms with van der Waals surface area (Å²) in [5.74, 6) is 0. The molecule has 0 saturated carbocycles. The monoisotopic (exact) mass is 141 g/mol. The second-order valence-electron chi connectivity index (χ2n) is 3.29. The summed E-state index contributed by atoms with van der Waals surface area (Å²) in [5, 5.41) is 3.58. The molecule has 1 aliphatic rings. The van der Waals surface area contributed by atoms with E-state index in [-0.39, 0.29) is 0 Å². The lowest BCUT2D eigenvalue weighted by atomic mass is 10.1. The predicted molar refractivity (Wildman–Crippen MR) is 45.2 cm³/mol.